The van der Waals surface area contributed by atoms with Gasteiger partial charge >= 0.3 is 0 Å². The van der Waals surface area contributed by atoms with E-state index in [9.17, 15) is 4.79 Å². The van der Waals surface area contributed by atoms with Gasteiger partial charge in [0.2, 0.25) is 5.91 Å². The zero-order valence-corrected chi connectivity index (χ0v) is 13.3. The summed E-state index contributed by atoms with van der Waals surface area (Å²) >= 11 is 1.69. The van der Waals surface area contributed by atoms with Gasteiger partial charge < -0.3 is 10.6 Å². The summed E-state index contributed by atoms with van der Waals surface area (Å²) in [6.45, 7) is 4.57. The number of piperidine rings is 1. The van der Waals surface area contributed by atoms with E-state index < -0.39 is 0 Å². The van der Waals surface area contributed by atoms with Crippen molar-refractivity contribution in [1.29, 1.82) is 0 Å². The molecular formula is C16H25N3OS. The maximum atomic E-state index is 12.2. The summed E-state index contributed by atoms with van der Waals surface area (Å²) in [6, 6.07) is 4.75. The fraction of sp³-hybridized carbons (Fsp3) is 0.688. The second-order valence-electron chi connectivity index (χ2n) is 6.23. The smallest absolute Gasteiger partial charge is 0.234 e. The van der Waals surface area contributed by atoms with Crippen molar-refractivity contribution in [2.24, 2.45) is 5.92 Å². The Labute approximate surface area is 130 Å². The van der Waals surface area contributed by atoms with Crippen LogP contribution in [0.1, 0.15) is 30.6 Å². The molecule has 1 aromatic heterocycles. The molecular weight excluding hydrogens is 282 g/mol. The molecule has 1 saturated heterocycles. The van der Waals surface area contributed by atoms with Crippen molar-refractivity contribution in [3.8, 4) is 0 Å². The van der Waals surface area contributed by atoms with Crippen LogP contribution < -0.4 is 10.6 Å². The quantitative estimate of drug-likeness (QED) is 0.808. The normalized spacial score (nSPS) is 22.4. The van der Waals surface area contributed by atoms with E-state index in [-0.39, 0.29) is 5.91 Å². The number of thiophene rings is 1. The van der Waals surface area contributed by atoms with Gasteiger partial charge in [0.1, 0.15) is 0 Å². The van der Waals surface area contributed by atoms with Crippen LogP contribution in [0.15, 0.2) is 17.5 Å². The predicted molar refractivity (Wildman–Crippen MR) is 86.4 cm³/mol. The maximum absolute atomic E-state index is 12.2. The van der Waals surface area contributed by atoms with Crippen molar-refractivity contribution in [1.82, 2.24) is 15.5 Å². The van der Waals surface area contributed by atoms with Gasteiger partial charge in [-0.05, 0) is 56.1 Å². The number of nitrogens with one attached hydrogen (secondary N) is 2. The Morgan fingerprint density at radius 1 is 1.43 bits per heavy atom. The standard InChI is InChI=1S/C16H25N3OS/c20-16(18-10-15-4-2-8-21-15)12-19(14-5-6-14)11-13-3-1-7-17-9-13/h2,4,8,13-14,17H,1,3,5-7,9-12H2,(H,18,20). The largest absolute Gasteiger partial charge is 0.350 e. The van der Waals surface area contributed by atoms with Gasteiger partial charge in [0, 0.05) is 17.5 Å². The highest BCUT2D eigenvalue weighted by Crippen LogP contribution is 2.28. The van der Waals surface area contributed by atoms with E-state index in [1.54, 1.807) is 11.3 Å². The molecule has 2 aliphatic rings. The number of carbonyl (C=O) groups is 1. The lowest BCUT2D eigenvalue weighted by molar-refractivity contribution is -0.122. The summed E-state index contributed by atoms with van der Waals surface area (Å²) < 4.78 is 0. The Morgan fingerprint density at radius 2 is 2.33 bits per heavy atom. The zero-order chi connectivity index (χ0) is 14.5. The van der Waals surface area contributed by atoms with Crippen LogP contribution >= 0.6 is 11.3 Å². The van der Waals surface area contributed by atoms with Crippen molar-refractivity contribution < 1.29 is 4.79 Å². The number of hydrogen-bond donors (Lipinski definition) is 2. The lowest BCUT2D eigenvalue weighted by Crippen LogP contribution is -2.43. The van der Waals surface area contributed by atoms with Crippen LogP contribution in [-0.2, 0) is 11.3 Å². The second kappa shape index (κ2) is 7.38. The number of hydrogen-bond acceptors (Lipinski definition) is 4. The molecule has 2 N–H and O–H groups in total. The SMILES string of the molecule is O=C(CN(CC1CCCNC1)C1CC1)NCc1cccs1. The molecule has 1 aliphatic carbocycles. The Hall–Kier alpha value is -0.910. The molecule has 2 fully saturated rings. The molecule has 1 unspecified atom stereocenters. The molecule has 21 heavy (non-hydrogen) atoms. The zero-order valence-electron chi connectivity index (χ0n) is 12.5. The average molecular weight is 307 g/mol. The Morgan fingerprint density at radius 3 is 3.00 bits per heavy atom. The van der Waals surface area contributed by atoms with E-state index in [0.717, 1.165) is 19.6 Å². The molecule has 5 heteroatoms. The van der Waals surface area contributed by atoms with Crippen molar-refractivity contribution in [3.63, 3.8) is 0 Å². The second-order valence-corrected chi connectivity index (χ2v) is 7.26. The Balaban J connectivity index is 1.44. The topological polar surface area (TPSA) is 44.4 Å². The minimum atomic E-state index is 0.166. The van der Waals surface area contributed by atoms with Gasteiger partial charge in [-0.3, -0.25) is 9.69 Å². The van der Waals surface area contributed by atoms with Crippen LogP contribution in [0.2, 0.25) is 0 Å². The minimum Gasteiger partial charge on any atom is -0.350 e. The van der Waals surface area contributed by atoms with E-state index in [0.29, 0.717) is 25.0 Å². The molecule has 0 spiro atoms. The first-order chi connectivity index (χ1) is 10.3. The summed E-state index contributed by atoms with van der Waals surface area (Å²) in [5.41, 5.74) is 0. The molecule has 1 atom stereocenters. The van der Waals surface area contributed by atoms with Gasteiger partial charge in [-0.15, -0.1) is 11.3 Å². The molecule has 0 radical (unpaired) electrons. The lowest BCUT2D eigenvalue weighted by atomic mass is 9.99. The van der Waals surface area contributed by atoms with Gasteiger partial charge in [0.25, 0.3) is 0 Å². The molecule has 1 aromatic rings. The van der Waals surface area contributed by atoms with Gasteiger partial charge in [0.15, 0.2) is 0 Å². The maximum Gasteiger partial charge on any atom is 0.234 e. The molecule has 1 aliphatic heterocycles. The van der Waals surface area contributed by atoms with Gasteiger partial charge in [0.05, 0.1) is 13.1 Å². The fourth-order valence-corrected chi connectivity index (χ4v) is 3.68. The highest BCUT2D eigenvalue weighted by molar-refractivity contribution is 7.09. The van der Waals surface area contributed by atoms with Crippen LogP contribution in [0.5, 0.6) is 0 Å². The third-order valence-electron chi connectivity index (χ3n) is 4.34. The van der Waals surface area contributed by atoms with Gasteiger partial charge in [-0.25, -0.2) is 0 Å². The van der Waals surface area contributed by atoms with Crippen LogP contribution in [0, 0.1) is 5.92 Å². The van der Waals surface area contributed by atoms with E-state index in [2.05, 4.69) is 21.6 Å². The summed E-state index contributed by atoms with van der Waals surface area (Å²) in [7, 11) is 0. The first-order valence-corrected chi connectivity index (χ1v) is 8.93. The van der Waals surface area contributed by atoms with Crippen molar-refractivity contribution in [3.05, 3.63) is 22.4 Å². The molecule has 116 valence electrons. The van der Waals surface area contributed by atoms with Crippen LogP contribution in [-0.4, -0.2) is 43.0 Å². The monoisotopic (exact) mass is 307 g/mol. The number of amides is 1. The minimum absolute atomic E-state index is 0.166. The highest BCUT2D eigenvalue weighted by atomic mass is 32.1. The molecule has 4 nitrogen and oxygen atoms in total. The lowest BCUT2D eigenvalue weighted by Gasteiger charge is -2.29. The van der Waals surface area contributed by atoms with Crippen molar-refractivity contribution in [2.75, 3.05) is 26.2 Å². The van der Waals surface area contributed by atoms with Crippen LogP contribution in [0.4, 0.5) is 0 Å². The average Bonchev–Trinajstić information content (AvgIpc) is 3.22. The van der Waals surface area contributed by atoms with E-state index in [1.165, 1.54) is 30.6 Å². The summed E-state index contributed by atoms with van der Waals surface area (Å²) in [5, 5.41) is 8.57. The molecule has 1 saturated carbocycles. The molecule has 3 rings (SSSR count). The van der Waals surface area contributed by atoms with Crippen LogP contribution in [0.25, 0.3) is 0 Å². The third-order valence-corrected chi connectivity index (χ3v) is 5.22. The molecule has 1 amide bonds. The van der Waals surface area contributed by atoms with Crippen molar-refractivity contribution in [2.45, 2.75) is 38.3 Å². The Bertz CT molecular complexity index is 438. The van der Waals surface area contributed by atoms with Crippen molar-refractivity contribution >= 4 is 17.2 Å². The molecule has 0 aromatic carbocycles. The number of rotatable bonds is 7. The van der Waals surface area contributed by atoms with E-state index >= 15 is 0 Å². The van der Waals surface area contributed by atoms with Gasteiger partial charge in [-0.2, -0.15) is 0 Å². The Kier molecular flexibility index (Phi) is 5.27. The summed E-state index contributed by atoms with van der Waals surface area (Å²) in [4.78, 5) is 15.8. The summed E-state index contributed by atoms with van der Waals surface area (Å²) in [6.07, 6.45) is 5.09. The van der Waals surface area contributed by atoms with E-state index in [4.69, 9.17) is 0 Å². The first-order valence-electron chi connectivity index (χ1n) is 8.05. The number of nitrogens with zero attached hydrogens (tertiary/aromatic N) is 1. The molecule has 0 bridgehead atoms. The fourth-order valence-electron chi connectivity index (χ4n) is 3.03. The first kappa shape index (κ1) is 15.0. The predicted octanol–water partition coefficient (Wildman–Crippen LogP) is 1.83. The van der Waals surface area contributed by atoms with E-state index in [1.807, 2.05) is 11.4 Å². The molecule has 2 heterocycles. The van der Waals surface area contributed by atoms with Gasteiger partial charge in [-0.1, -0.05) is 6.07 Å². The number of carbonyl (C=O) groups excluding carboxylic acids is 1. The third kappa shape index (κ3) is 4.80. The highest BCUT2D eigenvalue weighted by Gasteiger charge is 2.32. The van der Waals surface area contributed by atoms with Crippen LogP contribution in [0.3, 0.4) is 0 Å². The summed E-state index contributed by atoms with van der Waals surface area (Å²) in [5.74, 6) is 0.878.